The Morgan fingerprint density at radius 1 is 0.714 bits per heavy atom. The number of carbonyl (C=O) groups is 10. The molecule has 1 fully saturated rings. The Hall–Kier alpha value is -8.49. The molecule has 7 atom stereocenters. The second kappa shape index (κ2) is 30.8. The van der Waals surface area contributed by atoms with E-state index in [-0.39, 0.29) is 94.4 Å². The van der Waals surface area contributed by atoms with Crippen LogP contribution in [0.25, 0.3) is 10.9 Å². The molecule has 418 valence electrons. The molecule has 0 unspecified atom stereocenters. The summed E-state index contributed by atoms with van der Waals surface area (Å²) in [5.74, 6) is -9.16. The standard InChI is InChI=1S/C49H70ClN17O10/c1-26(68)61-33(14-7-19-58-48(53)54)42(72)67-38-24-40(70)57-18-5-4-13-32(41(52)71)62-46(76)37(23-28-25-60-31-12-3-2-11-30(28)31)66-43(73)34(15-8-20-59-49(55)56)63-45(75)36(22-27-9-6-10-29(50)21-27)65-44(74)35(64-47(38)77)16-17-39(51)69/h2-3,6,9-12,21,25,32-38,60H,4-5,7-8,13-20,22-24H2,1H3,(H2,51,69)(H2,52,71)(H,57,70)(H,61,68)(H,62,76)(H,63,75)(H,64,77)(H,65,74)(H,66,73)(H,67,72)(H4,53,54,58)(H4,55,56,59)/t32-,33+,34-,35-,36+,37-,38-/m0/s1. The maximum absolute atomic E-state index is 14.7. The van der Waals surface area contributed by atoms with E-state index in [1.807, 2.05) is 18.2 Å². The predicted molar refractivity (Wildman–Crippen MR) is 285 cm³/mol. The normalized spacial score (nSPS) is 20.8. The summed E-state index contributed by atoms with van der Waals surface area (Å²) >= 11 is 6.32. The molecule has 0 radical (unpaired) electrons. The lowest BCUT2D eigenvalue weighted by Gasteiger charge is -2.28. The van der Waals surface area contributed by atoms with Crippen LogP contribution in [-0.4, -0.2) is 138 Å². The Labute approximate surface area is 448 Å². The molecular formula is C49H70ClN17O10. The number of nitrogens with zero attached hydrogens (tertiary/aromatic N) is 2. The smallest absolute Gasteiger partial charge is 0.243 e. The summed E-state index contributed by atoms with van der Waals surface area (Å²) in [4.78, 5) is 148. The van der Waals surface area contributed by atoms with Crippen molar-refractivity contribution in [3.8, 4) is 0 Å². The van der Waals surface area contributed by atoms with Gasteiger partial charge in [-0.15, -0.1) is 0 Å². The minimum absolute atomic E-state index is 0.00921. The van der Waals surface area contributed by atoms with Crippen LogP contribution < -0.4 is 76.9 Å². The van der Waals surface area contributed by atoms with Crippen molar-refractivity contribution in [3.63, 3.8) is 0 Å². The molecule has 21 N–H and O–H groups in total. The molecule has 77 heavy (non-hydrogen) atoms. The number of aromatic amines is 1. The third-order valence-corrected chi connectivity index (χ3v) is 12.4. The molecule has 28 heteroatoms. The number of para-hydroxylation sites is 1. The lowest BCUT2D eigenvalue weighted by molar-refractivity contribution is -0.136. The molecule has 1 saturated heterocycles. The number of nitrogens with two attached hydrogens (primary N) is 6. The number of nitrogens with one attached hydrogen (secondary N) is 9. The maximum atomic E-state index is 14.7. The van der Waals surface area contributed by atoms with Crippen LogP contribution in [0.1, 0.15) is 82.3 Å². The summed E-state index contributed by atoms with van der Waals surface area (Å²) in [5, 5.41) is 21.8. The fraction of sp³-hybridized carbons (Fsp3) is 0.469. The number of halogens is 1. The monoisotopic (exact) mass is 1090 g/mol. The Morgan fingerprint density at radius 2 is 1.32 bits per heavy atom. The maximum Gasteiger partial charge on any atom is 0.243 e. The van der Waals surface area contributed by atoms with Gasteiger partial charge in [-0.2, -0.15) is 0 Å². The first kappa shape index (κ1) is 61.1. The summed E-state index contributed by atoms with van der Waals surface area (Å²) in [6.45, 7) is 1.23. The third kappa shape index (κ3) is 21.3. The molecule has 2 heterocycles. The zero-order valence-corrected chi connectivity index (χ0v) is 43.4. The summed E-state index contributed by atoms with van der Waals surface area (Å²) in [6.07, 6.45) is 0.285. The van der Waals surface area contributed by atoms with Crippen molar-refractivity contribution in [3.05, 3.63) is 70.9 Å². The van der Waals surface area contributed by atoms with Crippen LogP contribution in [0, 0.1) is 0 Å². The van der Waals surface area contributed by atoms with E-state index in [2.05, 4.69) is 57.5 Å². The van der Waals surface area contributed by atoms with E-state index in [4.69, 9.17) is 46.0 Å². The van der Waals surface area contributed by atoms with Crippen molar-refractivity contribution in [1.29, 1.82) is 0 Å². The van der Waals surface area contributed by atoms with E-state index < -0.39 is 121 Å². The minimum atomic E-state index is -1.72. The summed E-state index contributed by atoms with van der Waals surface area (Å²) in [5.41, 5.74) is 35.0. The van der Waals surface area contributed by atoms with Gasteiger partial charge in [0.15, 0.2) is 11.9 Å². The number of guanidine groups is 2. The topological polar surface area (TPSA) is 464 Å². The zero-order chi connectivity index (χ0) is 56.6. The van der Waals surface area contributed by atoms with Gasteiger partial charge in [0.2, 0.25) is 59.1 Å². The van der Waals surface area contributed by atoms with Gasteiger partial charge in [-0.3, -0.25) is 57.9 Å². The number of hydrogen-bond acceptors (Lipinski definition) is 12. The molecule has 27 nitrogen and oxygen atoms in total. The molecule has 1 aliphatic rings. The van der Waals surface area contributed by atoms with Gasteiger partial charge in [0.05, 0.1) is 6.42 Å². The fourth-order valence-electron chi connectivity index (χ4n) is 8.27. The quantitative estimate of drug-likeness (QED) is 0.0316. The molecule has 1 aromatic heterocycles. The number of benzene rings is 2. The number of aromatic nitrogens is 1. The molecule has 2 aromatic carbocycles. The minimum Gasteiger partial charge on any atom is -0.370 e. The van der Waals surface area contributed by atoms with Crippen molar-refractivity contribution >= 4 is 93.5 Å². The van der Waals surface area contributed by atoms with Crippen LogP contribution in [0.5, 0.6) is 0 Å². The number of carbonyl (C=O) groups excluding carboxylic acids is 10. The van der Waals surface area contributed by atoms with Crippen molar-refractivity contribution in [2.45, 2.75) is 126 Å². The second-order valence-electron chi connectivity index (χ2n) is 18.4. The van der Waals surface area contributed by atoms with Crippen LogP contribution in [0.4, 0.5) is 0 Å². The van der Waals surface area contributed by atoms with Gasteiger partial charge >= 0.3 is 0 Å². The SMILES string of the molecule is CC(=O)N[C@H](CCCN=C(N)N)C(=O)N[C@H]1CC(=O)NCCCC[C@@H](C(N)=O)NC(=O)[C@H](Cc2c[nH]c3ccccc23)NC(=O)[C@H](CCCN=C(N)N)NC(=O)[C@@H](Cc2cccc(Cl)c2)NC(=O)[C@H](CCC(N)=O)NC1=O. The Morgan fingerprint density at radius 3 is 1.97 bits per heavy atom. The highest BCUT2D eigenvalue weighted by Gasteiger charge is 2.35. The molecule has 3 aromatic rings. The number of hydrogen-bond donors (Lipinski definition) is 15. The molecule has 0 spiro atoms. The highest BCUT2D eigenvalue weighted by Crippen LogP contribution is 2.20. The number of amides is 10. The van der Waals surface area contributed by atoms with E-state index in [0.717, 1.165) is 17.8 Å². The van der Waals surface area contributed by atoms with Gasteiger partial charge in [0, 0.05) is 67.9 Å². The Kier molecular flexibility index (Phi) is 24.4. The number of aliphatic imine (C=N–C) groups is 2. The van der Waals surface area contributed by atoms with E-state index in [9.17, 15) is 47.9 Å². The zero-order valence-electron chi connectivity index (χ0n) is 42.7. The van der Waals surface area contributed by atoms with Crippen molar-refractivity contribution in [2.75, 3.05) is 19.6 Å². The van der Waals surface area contributed by atoms with E-state index in [1.54, 1.807) is 30.5 Å². The molecular weight excluding hydrogens is 1020 g/mol. The molecule has 0 bridgehead atoms. The first-order valence-electron chi connectivity index (χ1n) is 24.9. The highest BCUT2D eigenvalue weighted by molar-refractivity contribution is 6.30. The van der Waals surface area contributed by atoms with Gasteiger partial charge in [-0.05, 0) is 80.7 Å². The first-order chi connectivity index (χ1) is 36.6. The number of rotatable bonds is 19. The van der Waals surface area contributed by atoms with Crippen molar-refractivity contribution in [2.24, 2.45) is 44.4 Å². The predicted octanol–water partition coefficient (Wildman–Crippen LogP) is -3.43. The Bertz CT molecular complexity index is 2650. The second-order valence-corrected chi connectivity index (χ2v) is 18.8. The van der Waals surface area contributed by atoms with Gasteiger partial charge in [0.1, 0.15) is 42.3 Å². The largest absolute Gasteiger partial charge is 0.370 e. The van der Waals surface area contributed by atoms with Crippen molar-refractivity contribution in [1.82, 2.24) is 47.5 Å². The van der Waals surface area contributed by atoms with Crippen LogP contribution in [0.15, 0.2) is 64.7 Å². The van der Waals surface area contributed by atoms with Gasteiger partial charge in [0.25, 0.3) is 0 Å². The molecule has 0 saturated carbocycles. The van der Waals surface area contributed by atoms with Gasteiger partial charge in [-0.1, -0.05) is 41.9 Å². The van der Waals surface area contributed by atoms with Crippen LogP contribution in [0.2, 0.25) is 5.02 Å². The third-order valence-electron chi connectivity index (χ3n) is 12.1. The average Bonchev–Trinajstić information content (AvgIpc) is 3.77. The van der Waals surface area contributed by atoms with Gasteiger partial charge in [-0.25, -0.2) is 0 Å². The fourth-order valence-corrected chi connectivity index (χ4v) is 8.48. The van der Waals surface area contributed by atoms with Crippen LogP contribution >= 0.6 is 11.6 Å². The lowest BCUT2D eigenvalue weighted by atomic mass is 10.0. The van der Waals surface area contributed by atoms with E-state index in [0.29, 0.717) is 11.1 Å². The first-order valence-corrected chi connectivity index (χ1v) is 25.3. The van der Waals surface area contributed by atoms with E-state index >= 15 is 0 Å². The molecule has 1 aliphatic heterocycles. The average molecular weight is 1090 g/mol. The summed E-state index contributed by atoms with van der Waals surface area (Å²) in [6, 6.07) is 3.30. The number of fused-ring (bicyclic) bond motifs is 1. The molecule has 0 aliphatic carbocycles. The van der Waals surface area contributed by atoms with E-state index in [1.165, 1.54) is 6.07 Å². The van der Waals surface area contributed by atoms with Crippen molar-refractivity contribution < 1.29 is 47.9 Å². The highest BCUT2D eigenvalue weighted by atomic mass is 35.5. The number of primary amides is 2. The Balaban J connectivity index is 1.80. The van der Waals surface area contributed by atoms with Crippen LogP contribution in [-0.2, 0) is 60.8 Å². The summed E-state index contributed by atoms with van der Waals surface area (Å²) < 4.78 is 0. The molecule has 4 rings (SSSR count). The lowest BCUT2D eigenvalue weighted by Crippen LogP contribution is -2.60. The number of H-pyrrole nitrogens is 1. The summed E-state index contributed by atoms with van der Waals surface area (Å²) in [7, 11) is 0. The van der Waals surface area contributed by atoms with Crippen LogP contribution in [0.3, 0.4) is 0 Å². The van der Waals surface area contributed by atoms with Gasteiger partial charge < -0.3 is 81.9 Å². The molecule has 10 amide bonds.